The molecule has 2 rings (SSSR count). The van der Waals surface area contributed by atoms with Crippen LogP contribution in [0.1, 0.15) is 50.3 Å². The normalized spacial score (nSPS) is 27.8. The zero-order valence-electron chi connectivity index (χ0n) is 13.8. The highest BCUT2D eigenvalue weighted by Crippen LogP contribution is 2.26. The number of hydrogen-bond acceptors (Lipinski definition) is 2. The largest absolute Gasteiger partial charge is 0.311 e. The van der Waals surface area contributed by atoms with Crippen LogP contribution >= 0.6 is 0 Å². The van der Waals surface area contributed by atoms with Crippen LogP contribution in [0.25, 0.3) is 0 Å². The van der Waals surface area contributed by atoms with Crippen molar-refractivity contribution in [1.29, 1.82) is 0 Å². The summed E-state index contributed by atoms with van der Waals surface area (Å²) in [7, 11) is 0. The number of benzene rings is 1. The molecule has 0 spiro atoms. The van der Waals surface area contributed by atoms with Crippen LogP contribution in [-0.2, 0) is 6.54 Å². The fourth-order valence-electron chi connectivity index (χ4n) is 3.08. The van der Waals surface area contributed by atoms with E-state index in [0.717, 1.165) is 19.6 Å². The van der Waals surface area contributed by atoms with Gasteiger partial charge in [-0.1, -0.05) is 37.6 Å². The van der Waals surface area contributed by atoms with Gasteiger partial charge in [-0.05, 0) is 44.7 Å². The summed E-state index contributed by atoms with van der Waals surface area (Å²) in [4.78, 5) is 2.69. The van der Waals surface area contributed by atoms with Crippen molar-refractivity contribution < 1.29 is 0 Å². The molecule has 2 nitrogen and oxygen atoms in total. The molecule has 1 aromatic rings. The van der Waals surface area contributed by atoms with Gasteiger partial charge in [-0.2, -0.15) is 0 Å². The van der Waals surface area contributed by atoms with Crippen LogP contribution in [0.2, 0.25) is 0 Å². The Balaban J connectivity index is 2.20. The third kappa shape index (κ3) is 3.24. The first-order valence-electron chi connectivity index (χ1n) is 8.03. The minimum Gasteiger partial charge on any atom is -0.311 e. The number of rotatable bonds is 4. The summed E-state index contributed by atoms with van der Waals surface area (Å²) >= 11 is 0. The Morgan fingerprint density at radius 3 is 2.70 bits per heavy atom. The summed E-state index contributed by atoms with van der Waals surface area (Å²) in [5, 5.41) is 3.71. The zero-order chi connectivity index (χ0) is 14.8. The van der Waals surface area contributed by atoms with Crippen molar-refractivity contribution in [3.8, 4) is 0 Å². The number of hydrogen-bond donors (Lipinski definition) is 1. The fourth-order valence-corrected chi connectivity index (χ4v) is 3.08. The van der Waals surface area contributed by atoms with Gasteiger partial charge in [0.2, 0.25) is 0 Å². The van der Waals surface area contributed by atoms with E-state index in [1.54, 1.807) is 0 Å². The minimum atomic E-state index is 0.280. The topological polar surface area (TPSA) is 15.3 Å². The SMILES string of the molecule is CCC1CN(Cc2cc(C)ccc2C)C(C)(CC)CN1. The van der Waals surface area contributed by atoms with E-state index < -0.39 is 0 Å². The average molecular weight is 274 g/mol. The molecule has 0 amide bonds. The van der Waals surface area contributed by atoms with E-state index >= 15 is 0 Å². The number of nitrogens with zero attached hydrogens (tertiary/aromatic N) is 1. The molecule has 1 aliphatic heterocycles. The van der Waals surface area contributed by atoms with Gasteiger partial charge in [0.25, 0.3) is 0 Å². The first kappa shape index (κ1) is 15.5. The predicted octanol–water partition coefficient (Wildman–Crippen LogP) is 3.66. The Hall–Kier alpha value is -0.860. The molecule has 0 saturated carbocycles. The molecule has 1 aliphatic rings. The summed E-state index contributed by atoms with van der Waals surface area (Å²) < 4.78 is 0. The van der Waals surface area contributed by atoms with E-state index in [0.29, 0.717) is 6.04 Å². The maximum atomic E-state index is 3.71. The Labute approximate surface area is 124 Å². The quantitative estimate of drug-likeness (QED) is 0.901. The van der Waals surface area contributed by atoms with Gasteiger partial charge >= 0.3 is 0 Å². The van der Waals surface area contributed by atoms with Crippen LogP contribution in [0.15, 0.2) is 18.2 Å². The lowest BCUT2D eigenvalue weighted by Gasteiger charge is -2.48. The molecule has 0 bridgehead atoms. The molecule has 1 aromatic carbocycles. The molecule has 2 atom stereocenters. The van der Waals surface area contributed by atoms with E-state index in [1.165, 1.54) is 29.5 Å². The minimum absolute atomic E-state index is 0.280. The monoisotopic (exact) mass is 274 g/mol. The number of piperazine rings is 1. The molecule has 0 aromatic heterocycles. The van der Waals surface area contributed by atoms with Gasteiger partial charge in [-0.15, -0.1) is 0 Å². The lowest BCUT2D eigenvalue weighted by Crippen LogP contribution is -2.62. The summed E-state index contributed by atoms with van der Waals surface area (Å²) in [6.07, 6.45) is 2.41. The molecule has 112 valence electrons. The lowest BCUT2D eigenvalue weighted by atomic mass is 9.90. The van der Waals surface area contributed by atoms with Gasteiger partial charge in [0, 0.05) is 31.2 Å². The van der Waals surface area contributed by atoms with Crippen LogP contribution in [0, 0.1) is 13.8 Å². The van der Waals surface area contributed by atoms with Gasteiger partial charge < -0.3 is 5.32 Å². The molecule has 1 heterocycles. The van der Waals surface area contributed by atoms with Crippen molar-refractivity contribution in [2.24, 2.45) is 0 Å². The Kier molecular flexibility index (Phi) is 4.87. The van der Waals surface area contributed by atoms with Crippen molar-refractivity contribution in [2.75, 3.05) is 13.1 Å². The summed E-state index contributed by atoms with van der Waals surface area (Å²) in [5.41, 5.74) is 4.55. The molecule has 0 aliphatic carbocycles. The van der Waals surface area contributed by atoms with Crippen LogP contribution < -0.4 is 5.32 Å². The fraction of sp³-hybridized carbons (Fsp3) is 0.667. The van der Waals surface area contributed by atoms with Gasteiger partial charge in [0.1, 0.15) is 0 Å². The highest BCUT2D eigenvalue weighted by Gasteiger charge is 2.35. The molecule has 2 heteroatoms. The van der Waals surface area contributed by atoms with Crippen molar-refractivity contribution in [2.45, 2.75) is 65.6 Å². The molecule has 2 unspecified atom stereocenters. The van der Waals surface area contributed by atoms with E-state index in [1.807, 2.05) is 0 Å². The predicted molar refractivity (Wildman–Crippen MR) is 87.1 cm³/mol. The molecule has 0 radical (unpaired) electrons. The third-order valence-electron chi connectivity index (χ3n) is 5.10. The van der Waals surface area contributed by atoms with Crippen molar-refractivity contribution in [1.82, 2.24) is 10.2 Å². The van der Waals surface area contributed by atoms with Crippen LogP contribution in [0.5, 0.6) is 0 Å². The summed E-state index contributed by atoms with van der Waals surface area (Å²) in [6, 6.07) is 7.46. The van der Waals surface area contributed by atoms with E-state index in [-0.39, 0.29) is 5.54 Å². The van der Waals surface area contributed by atoms with Crippen LogP contribution in [0.3, 0.4) is 0 Å². The van der Waals surface area contributed by atoms with Gasteiger partial charge in [0.15, 0.2) is 0 Å². The maximum absolute atomic E-state index is 3.71. The Bertz CT molecular complexity index is 455. The third-order valence-corrected chi connectivity index (χ3v) is 5.10. The van der Waals surface area contributed by atoms with Crippen LogP contribution in [-0.4, -0.2) is 29.6 Å². The Morgan fingerprint density at radius 1 is 1.30 bits per heavy atom. The summed E-state index contributed by atoms with van der Waals surface area (Å²) in [6.45, 7) is 14.8. The second-order valence-electron chi connectivity index (χ2n) is 6.65. The maximum Gasteiger partial charge on any atom is 0.0307 e. The molecule has 1 fully saturated rings. The molecular formula is C18H30N2. The second kappa shape index (κ2) is 6.28. The molecule has 20 heavy (non-hydrogen) atoms. The lowest BCUT2D eigenvalue weighted by molar-refractivity contribution is 0.0407. The van der Waals surface area contributed by atoms with Crippen LogP contribution in [0.4, 0.5) is 0 Å². The van der Waals surface area contributed by atoms with E-state index in [4.69, 9.17) is 0 Å². The smallest absolute Gasteiger partial charge is 0.0307 e. The highest BCUT2D eigenvalue weighted by molar-refractivity contribution is 5.30. The molecule has 1 N–H and O–H groups in total. The van der Waals surface area contributed by atoms with Gasteiger partial charge in [-0.3, -0.25) is 4.90 Å². The first-order chi connectivity index (χ1) is 9.48. The molecular weight excluding hydrogens is 244 g/mol. The number of aryl methyl sites for hydroxylation is 2. The van der Waals surface area contributed by atoms with E-state index in [2.05, 4.69) is 63.0 Å². The Morgan fingerprint density at radius 2 is 2.05 bits per heavy atom. The van der Waals surface area contributed by atoms with E-state index in [9.17, 15) is 0 Å². The zero-order valence-corrected chi connectivity index (χ0v) is 13.8. The van der Waals surface area contributed by atoms with Crippen molar-refractivity contribution in [3.05, 3.63) is 34.9 Å². The van der Waals surface area contributed by atoms with Crippen molar-refractivity contribution >= 4 is 0 Å². The van der Waals surface area contributed by atoms with Gasteiger partial charge in [-0.25, -0.2) is 0 Å². The highest BCUT2D eigenvalue weighted by atomic mass is 15.3. The molecule has 1 saturated heterocycles. The summed E-state index contributed by atoms with van der Waals surface area (Å²) in [5.74, 6) is 0. The standard InChI is InChI=1S/C18H30N2/c1-6-17-12-20(18(5,7-2)13-19-17)11-16-10-14(3)8-9-15(16)4/h8-10,17,19H,6-7,11-13H2,1-5H3. The second-order valence-corrected chi connectivity index (χ2v) is 6.65. The van der Waals surface area contributed by atoms with Gasteiger partial charge in [0.05, 0.1) is 0 Å². The van der Waals surface area contributed by atoms with Crippen molar-refractivity contribution in [3.63, 3.8) is 0 Å². The first-order valence-corrected chi connectivity index (χ1v) is 8.03. The average Bonchev–Trinajstić information content (AvgIpc) is 2.45. The number of nitrogens with one attached hydrogen (secondary N) is 1.